The van der Waals surface area contributed by atoms with Crippen molar-refractivity contribution in [3.63, 3.8) is 0 Å². The molecule has 0 atom stereocenters. The van der Waals surface area contributed by atoms with E-state index in [4.69, 9.17) is 9.26 Å². The lowest BCUT2D eigenvalue weighted by Crippen LogP contribution is -2.30. The summed E-state index contributed by atoms with van der Waals surface area (Å²) in [5.74, 6) is 0.844. The summed E-state index contributed by atoms with van der Waals surface area (Å²) in [5, 5.41) is 15.5. The molecule has 0 amide bonds. The number of sulfonamides is 1. The van der Waals surface area contributed by atoms with Crippen LogP contribution in [0.4, 0.5) is 5.69 Å². The molecule has 0 aliphatic heterocycles. The van der Waals surface area contributed by atoms with Crippen LogP contribution in [0.2, 0.25) is 0 Å². The molecule has 0 N–H and O–H groups in total. The highest BCUT2D eigenvalue weighted by Gasteiger charge is 2.27. The average molecular weight is 409 g/mol. The van der Waals surface area contributed by atoms with Crippen molar-refractivity contribution in [1.82, 2.24) is 9.46 Å². The van der Waals surface area contributed by atoms with Crippen LogP contribution < -0.4 is 4.74 Å². The second-order valence-electron chi connectivity index (χ2n) is 6.50. The molecule has 2 aromatic rings. The normalized spacial score (nSPS) is 14.1. The van der Waals surface area contributed by atoms with Crippen LogP contribution in [0.5, 0.6) is 5.75 Å². The van der Waals surface area contributed by atoms with E-state index in [-0.39, 0.29) is 30.3 Å². The van der Waals surface area contributed by atoms with Crippen LogP contribution in [0.1, 0.15) is 43.7 Å². The van der Waals surface area contributed by atoms with E-state index in [1.54, 1.807) is 13.8 Å². The molecule has 0 saturated carbocycles. The number of nitro groups is 1. The molecule has 0 bridgehead atoms. The zero-order valence-corrected chi connectivity index (χ0v) is 16.7. The predicted octanol–water partition coefficient (Wildman–Crippen LogP) is 3.07. The maximum absolute atomic E-state index is 12.6. The summed E-state index contributed by atoms with van der Waals surface area (Å²) in [5.41, 5.74) is 1.24. The molecule has 0 spiro atoms. The molecule has 1 aliphatic rings. The minimum atomic E-state index is -3.80. The van der Waals surface area contributed by atoms with Crippen molar-refractivity contribution < 1.29 is 22.6 Å². The van der Waals surface area contributed by atoms with Crippen LogP contribution in [-0.4, -0.2) is 35.9 Å². The number of aromatic nitrogens is 1. The van der Waals surface area contributed by atoms with Crippen molar-refractivity contribution in [1.29, 1.82) is 0 Å². The third-order valence-electron chi connectivity index (χ3n) is 4.87. The summed E-state index contributed by atoms with van der Waals surface area (Å²) in [4.78, 5) is 10.7. The zero-order valence-electron chi connectivity index (χ0n) is 15.9. The number of benzene rings is 1. The monoisotopic (exact) mass is 409 g/mol. The predicted molar refractivity (Wildman–Crippen MR) is 101 cm³/mol. The van der Waals surface area contributed by atoms with Gasteiger partial charge in [-0.05, 0) is 31.4 Å². The Morgan fingerprint density at radius 3 is 2.64 bits per heavy atom. The minimum Gasteiger partial charge on any atom is -0.480 e. The van der Waals surface area contributed by atoms with Crippen LogP contribution in [0.15, 0.2) is 27.6 Å². The Hall–Kier alpha value is -2.46. The van der Waals surface area contributed by atoms with Crippen molar-refractivity contribution in [3.05, 3.63) is 45.3 Å². The number of rotatable bonds is 8. The maximum Gasteiger partial charge on any atom is 0.312 e. The SMILES string of the molecule is CCN(CC)S(=O)(=O)c1ccc(OCc2noc3c2CCCC3)c([N+](=O)[O-])c1. The van der Waals surface area contributed by atoms with Gasteiger partial charge in [-0.3, -0.25) is 10.1 Å². The van der Waals surface area contributed by atoms with E-state index in [9.17, 15) is 18.5 Å². The Morgan fingerprint density at radius 1 is 1.25 bits per heavy atom. The van der Waals surface area contributed by atoms with Gasteiger partial charge in [-0.2, -0.15) is 4.31 Å². The summed E-state index contributed by atoms with van der Waals surface area (Å²) in [6.07, 6.45) is 3.77. The number of aryl methyl sites for hydroxylation is 1. The molecular weight excluding hydrogens is 386 g/mol. The van der Waals surface area contributed by atoms with Gasteiger partial charge in [-0.25, -0.2) is 8.42 Å². The van der Waals surface area contributed by atoms with Crippen molar-refractivity contribution in [2.24, 2.45) is 0 Å². The van der Waals surface area contributed by atoms with E-state index in [0.717, 1.165) is 43.1 Å². The van der Waals surface area contributed by atoms with Gasteiger partial charge in [0, 0.05) is 31.1 Å². The minimum absolute atomic E-state index is 0.00365. The highest BCUT2D eigenvalue weighted by molar-refractivity contribution is 7.89. The molecule has 1 aromatic heterocycles. The molecule has 1 heterocycles. The van der Waals surface area contributed by atoms with Crippen LogP contribution in [0, 0.1) is 10.1 Å². The maximum atomic E-state index is 12.6. The van der Waals surface area contributed by atoms with E-state index in [0.29, 0.717) is 5.69 Å². The molecular formula is C18H23N3O6S. The number of fused-ring (bicyclic) bond motifs is 1. The first-order valence-electron chi connectivity index (χ1n) is 9.26. The van der Waals surface area contributed by atoms with Gasteiger partial charge in [-0.15, -0.1) is 0 Å². The molecule has 28 heavy (non-hydrogen) atoms. The van der Waals surface area contributed by atoms with Gasteiger partial charge in [-0.1, -0.05) is 19.0 Å². The van der Waals surface area contributed by atoms with Crippen molar-refractivity contribution >= 4 is 15.7 Å². The van der Waals surface area contributed by atoms with Crippen molar-refractivity contribution in [2.75, 3.05) is 13.1 Å². The second kappa shape index (κ2) is 8.27. The molecule has 1 aliphatic carbocycles. The molecule has 0 radical (unpaired) electrons. The molecule has 9 nitrogen and oxygen atoms in total. The van der Waals surface area contributed by atoms with Crippen LogP contribution in [0.3, 0.4) is 0 Å². The molecule has 10 heteroatoms. The molecule has 0 saturated heterocycles. The fourth-order valence-corrected chi connectivity index (χ4v) is 4.82. The molecule has 152 valence electrons. The summed E-state index contributed by atoms with van der Waals surface area (Å²) in [7, 11) is -3.80. The highest BCUT2D eigenvalue weighted by Crippen LogP contribution is 2.32. The topological polar surface area (TPSA) is 116 Å². The largest absolute Gasteiger partial charge is 0.480 e. The van der Waals surface area contributed by atoms with Crippen LogP contribution >= 0.6 is 0 Å². The lowest BCUT2D eigenvalue weighted by atomic mass is 9.97. The Morgan fingerprint density at radius 2 is 1.96 bits per heavy atom. The van der Waals surface area contributed by atoms with E-state index >= 15 is 0 Å². The van der Waals surface area contributed by atoms with Crippen molar-refractivity contribution in [2.45, 2.75) is 51.0 Å². The fraction of sp³-hybridized carbons (Fsp3) is 0.500. The van der Waals surface area contributed by atoms with Crippen LogP contribution in [0.25, 0.3) is 0 Å². The number of nitro benzene ring substituents is 1. The summed E-state index contributed by atoms with van der Waals surface area (Å²) in [6, 6.07) is 3.69. The van der Waals surface area contributed by atoms with Crippen LogP contribution in [-0.2, 0) is 29.5 Å². The Balaban J connectivity index is 1.86. The van der Waals surface area contributed by atoms with Gasteiger partial charge in [0.2, 0.25) is 10.0 Å². The molecule has 1 aromatic carbocycles. The van der Waals surface area contributed by atoms with Crippen molar-refractivity contribution in [3.8, 4) is 5.75 Å². The Bertz CT molecular complexity index is 966. The lowest BCUT2D eigenvalue weighted by molar-refractivity contribution is -0.386. The quantitative estimate of drug-likeness (QED) is 0.486. The first-order valence-corrected chi connectivity index (χ1v) is 10.7. The lowest BCUT2D eigenvalue weighted by Gasteiger charge is -2.18. The second-order valence-corrected chi connectivity index (χ2v) is 8.44. The number of hydrogen-bond donors (Lipinski definition) is 0. The number of hydrogen-bond acceptors (Lipinski definition) is 7. The third-order valence-corrected chi connectivity index (χ3v) is 6.91. The van der Waals surface area contributed by atoms with Gasteiger partial charge in [0.1, 0.15) is 18.1 Å². The summed E-state index contributed by atoms with van der Waals surface area (Å²) < 4.78 is 37.4. The van der Waals surface area contributed by atoms with Gasteiger partial charge in [0.05, 0.1) is 9.82 Å². The first-order chi connectivity index (χ1) is 13.4. The number of nitrogens with zero attached hydrogens (tertiary/aromatic N) is 3. The molecule has 3 rings (SSSR count). The van der Waals surface area contributed by atoms with E-state index in [1.165, 1.54) is 16.4 Å². The van der Waals surface area contributed by atoms with Gasteiger partial charge in [0.15, 0.2) is 5.75 Å². The first kappa shape index (κ1) is 20.3. The third kappa shape index (κ3) is 3.88. The average Bonchev–Trinajstić information content (AvgIpc) is 3.10. The van der Waals surface area contributed by atoms with E-state index in [1.807, 2.05) is 0 Å². The number of ether oxygens (including phenoxy) is 1. The smallest absolute Gasteiger partial charge is 0.312 e. The summed E-state index contributed by atoms with van der Waals surface area (Å²) >= 11 is 0. The highest BCUT2D eigenvalue weighted by atomic mass is 32.2. The standard InChI is InChI=1S/C18H23N3O6S/c1-3-20(4-2)28(24,25)13-9-10-18(16(11-13)21(22)23)26-12-15-14-7-5-6-8-17(14)27-19-15/h9-11H,3-8,12H2,1-2H3. The molecule has 0 fully saturated rings. The van der Waals surface area contributed by atoms with Gasteiger partial charge < -0.3 is 9.26 Å². The zero-order chi connectivity index (χ0) is 20.3. The van der Waals surface area contributed by atoms with Gasteiger partial charge in [0.25, 0.3) is 0 Å². The Labute approximate surface area is 163 Å². The Kier molecular flexibility index (Phi) is 5.99. The summed E-state index contributed by atoms with van der Waals surface area (Å²) in [6.45, 7) is 4.02. The van der Waals surface area contributed by atoms with Gasteiger partial charge >= 0.3 is 5.69 Å². The van der Waals surface area contributed by atoms with E-state index in [2.05, 4.69) is 5.16 Å². The fourth-order valence-electron chi connectivity index (χ4n) is 3.34. The molecule has 0 unspecified atom stereocenters. The van der Waals surface area contributed by atoms with E-state index < -0.39 is 20.6 Å².